The molecule has 2 rings (SSSR count). The normalized spacial score (nSPS) is 19.9. The van der Waals surface area contributed by atoms with E-state index in [1.54, 1.807) is 5.10 Å². The molecule has 1 amide bonds. The lowest BCUT2D eigenvalue weighted by Crippen LogP contribution is -2.27. The zero-order valence-electron chi connectivity index (χ0n) is 9.69. The largest absolute Gasteiger partial charge is 0.469 e. The van der Waals surface area contributed by atoms with Crippen molar-refractivity contribution in [1.82, 2.24) is 15.2 Å². The quantitative estimate of drug-likeness (QED) is 0.788. The molecule has 1 atom stereocenters. The Morgan fingerprint density at radius 3 is 2.74 bits per heavy atom. The summed E-state index contributed by atoms with van der Waals surface area (Å²) in [5.41, 5.74) is 0. The number of ether oxygens (including phenoxy) is 1. The number of halogens is 3. The summed E-state index contributed by atoms with van der Waals surface area (Å²) in [5.74, 6) is -3.53. The number of amides is 1. The predicted octanol–water partition coefficient (Wildman–Crippen LogP) is 0.349. The molecule has 0 bridgehead atoms. The van der Waals surface area contributed by atoms with Crippen LogP contribution in [0.15, 0.2) is 0 Å². The molecular weight excluding hydrogens is 269 g/mol. The number of methoxy groups -OCH3 is 1. The van der Waals surface area contributed by atoms with Crippen LogP contribution >= 0.6 is 0 Å². The van der Waals surface area contributed by atoms with E-state index in [0.717, 1.165) is 4.90 Å². The molecule has 0 radical (unpaired) electrons. The van der Waals surface area contributed by atoms with Gasteiger partial charge in [-0.3, -0.25) is 19.6 Å². The number of hydrogen-bond acceptors (Lipinski definition) is 5. The predicted molar refractivity (Wildman–Crippen MR) is 53.9 cm³/mol. The summed E-state index contributed by atoms with van der Waals surface area (Å²) in [6, 6.07) is 0. The van der Waals surface area contributed by atoms with E-state index in [2.05, 4.69) is 14.8 Å². The van der Waals surface area contributed by atoms with Crippen LogP contribution in [0.4, 0.5) is 19.1 Å². The lowest BCUT2D eigenvalue weighted by Gasteiger charge is -2.10. The molecular formula is C9H9F3N4O3. The second-order valence-corrected chi connectivity index (χ2v) is 3.91. The van der Waals surface area contributed by atoms with Crippen molar-refractivity contribution in [3.8, 4) is 0 Å². The van der Waals surface area contributed by atoms with Gasteiger partial charge in [-0.05, 0) is 0 Å². The standard InChI is InChI=1S/C9H9F3N4O3/c1-19-6(18)4-2-5(17)16(3-4)8-13-7(14-15-8)9(10,11)12/h4H,2-3H2,1H3,(H,13,14,15). The highest BCUT2D eigenvalue weighted by atomic mass is 19.4. The van der Waals surface area contributed by atoms with E-state index in [9.17, 15) is 22.8 Å². The number of esters is 1. The van der Waals surface area contributed by atoms with Crippen molar-refractivity contribution < 1.29 is 27.5 Å². The highest BCUT2D eigenvalue weighted by Crippen LogP contribution is 2.29. The molecule has 104 valence electrons. The molecule has 1 aliphatic rings. The number of aromatic amines is 1. The number of anilines is 1. The monoisotopic (exact) mass is 278 g/mol. The number of alkyl halides is 3. The van der Waals surface area contributed by atoms with Gasteiger partial charge in [0.25, 0.3) is 5.95 Å². The Bertz CT molecular complexity index is 513. The number of nitrogens with one attached hydrogen (secondary N) is 1. The second kappa shape index (κ2) is 4.52. The lowest BCUT2D eigenvalue weighted by molar-refractivity contribution is -0.145. The highest BCUT2D eigenvalue weighted by molar-refractivity contribution is 5.98. The fourth-order valence-electron chi connectivity index (χ4n) is 1.73. The van der Waals surface area contributed by atoms with Gasteiger partial charge in [0.2, 0.25) is 11.7 Å². The number of rotatable bonds is 2. The molecule has 0 saturated carbocycles. The molecule has 0 aromatic carbocycles. The first-order valence-electron chi connectivity index (χ1n) is 5.20. The number of aromatic nitrogens is 3. The molecule has 1 N–H and O–H groups in total. The molecule has 1 saturated heterocycles. The Morgan fingerprint density at radius 2 is 2.21 bits per heavy atom. The smallest absolute Gasteiger partial charge is 0.451 e. The Kier molecular flexibility index (Phi) is 3.16. The number of hydrogen-bond donors (Lipinski definition) is 1. The first-order chi connectivity index (χ1) is 8.82. The maximum atomic E-state index is 12.3. The minimum atomic E-state index is -4.67. The highest BCUT2D eigenvalue weighted by Gasteiger charge is 2.40. The average molecular weight is 278 g/mol. The van der Waals surface area contributed by atoms with Gasteiger partial charge in [0.1, 0.15) is 0 Å². The van der Waals surface area contributed by atoms with Crippen LogP contribution in [0.25, 0.3) is 0 Å². The molecule has 10 heteroatoms. The molecule has 0 spiro atoms. The van der Waals surface area contributed by atoms with Gasteiger partial charge in [-0.15, -0.1) is 5.10 Å². The Morgan fingerprint density at radius 1 is 1.53 bits per heavy atom. The van der Waals surface area contributed by atoms with E-state index in [1.807, 2.05) is 0 Å². The molecule has 0 aliphatic carbocycles. The molecule has 7 nitrogen and oxygen atoms in total. The van der Waals surface area contributed by atoms with Gasteiger partial charge in [0.05, 0.1) is 13.0 Å². The van der Waals surface area contributed by atoms with Gasteiger partial charge >= 0.3 is 12.1 Å². The lowest BCUT2D eigenvalue weighted by atomic mass is 10.1. The SMILES string of the molecule is COC(=O)C1CC(=O)N(c2n[nH]c(C(F)(F)F)n2)C1. The minimum Gasteiger partial charge on any atom is -0.469 e. The van der Waals surface area contributed by atoms with Gasteiger partial charge in [-0.2, -0.15) is 18.2 Å². The first-order valence-corrected chi connectivity index (χ1v) is 5.20. The van der Waals surface area contributed by atoms with E-state index in [0.29, 0.717) is 0 Å². The van der Waals surface area contributed by atoms with Crippen LogP contribution in [0.1, 0.15) is 12.2 Å². The molecule has 1 fully saturated rings. The summed E-state index contributed by atoms with van der Waals surface area (Å²) >= 11 is 0. The van der Waals surface area contributed by atoms with Crippen LogP contribution in [0, 0.1) is 5.92 Å². The van der Waals surface area contributed by atoms with Crippen molar-refractivity contribution in [2.45, 2.75) is 12.6 Å². The van der Waals surface area contributed by atoms with Crippen molar-refractivity contribution in [1.29, 1.82) is 0 Å². The average Bonchev–Trinajstić information content (AvgIpc) is 2.93. The third kappa shape index (κ3) is 2.51. The van der Waals surface area contributed by atoms with Gasteiger partial charge < -0.3 is 4.74 Å². The number of H-pyrrole nitrogens is 1. The molecule has 1 aliphatic heterocycles. The van der Waals surface area contributed by atoms with Crippen LogP contribution in [0.5, 0.6) is 0 Å². The van der Waals surface area contributed by atoms with Crippen LogP contribution < -0.4 is 4.90 Å². The summed E-state index contributed by atoms with van der Waals surface area (Å²) < 4.78 is 41.5. The molecule has 1 aromatic heterocycles. The van der Waals surface area contributed by atoms with Gasteiger partial charge in [-0.25, -0.2) is 0 Å². The fraction of sp³-hybridized carbons (Fsp3) is 0.556. The minimum absolute atomic E-state index is 0.0966. The molecule has 1 unspecified atom stereocenters. The summed E-state index contributed by atoms with van der Waals surface area (Å²) in [6.45, 7) is -0.0966. The van der Waals surface area contributed by atoms with E-state index < -0.39 is 35.7 Å². The summed E-state index contributed by atoms with van der Waals surface area (Å²) in [5, 5.41) is 5.04. The van der Waals surface area contributed by atoms with Crippen LogP contribution in [0.3, 0.4) is 0 Å². The van der Waals surface area contributed by atoms with Crippen molar-refractivity contribution in [2.75, 3.05) is 18.6 Å². The Labute approximate surface area is 104 Å². The zero-order chi connectivity index (χ0) is 14.2. The Hall–Kier alpha value is -2.13. The van der Waals surface area contributed by atoms with Gasteiger partial charge in [0.15, 0.2) is 0 Å². The topological polar surface area (TPSA) is 88.2 Å². The molecule has 1 aromatic rings. The maximum absolute atomic E-state index is 12.3. The second-order valence-electron chi connectivity index (χ2n) is 3.91. The molecule has 19 heavy (non-hydrogen) atoms. The van der Waals surface area contributed by atoms with Crippen LogP contribution in [-0.2, 0) is 20.5 Å². The van der Waals surface area contributed by atoms with Gasteiger partial charge in [-0.1, -0.05) is 0 Å². The maximum Gasteiger partial charge on any atom is 0.451 e. The van der Waals surface area contributed by atoms with Crippen molar-refractivity contribution in [3.05, 3.63) is 5.82 Å². The van der Waals surface area contributed by atoms with E-state index in [4.69, 9.17) is 0 Å². The fourth-order valence-corrected chi connectivity index (χ4v) is 1.73. The number of nitrogens with zero attached hydrogens (tertiary/aromatic N) is 3. The van der Waals surface area contributed by atoms with Crippen molar-refractivity contribution in [2.24, 2.45) is 5.92 Å². The van der Waals surface area contributed by atoms with Crippen LogP contribution in [0.2, 0.25) is 0 Å². The molecule has 2 heterocycles. The zero-order valence-corrected chi connectivity index (χ0v) is 9.69. The number of carbonyl (C=O) groups excluding carboxylic acids is 2. The van der Waals surface area contributed by atoms with E-state index >= 15 is 0 Å². The Balaban J connectivity index is 2.17. The third-order valence-electron chi connectivity index (χ3n) is 2.64. The number of carbonyl (C=O) groups is 2. The van der Waals surface area contributed by atoms with Gasteiger partial charge in [0, 0.05) is 13.0 Å². The third-order valence-corrected chi connectivity index (χ3v) is 2.64. The van der Waals surface area contributed by atoms with E-state index in [-0.39, 0.29) is 13.0 Å². The van der Waals surface area contributed by atoms with E-state index in [1.165, 1.54) is 7.11 Å². The first kappa shape index (κ1) is 13.3. The summed E-state index contributed by atoms with van der Waals surface area (Å²) in [7, 11) is 1.17. The van der Waals surface area contributed by atoms with Crippen molar-refractivity contribution in [3.63, 3.8) is 0 Å². The summed E-state index contributed by atoms with van der Waals surface area (Å²) in [6.07, 6.45) is -4.81. The van der Waals surface area contributed by atoms with Crippen molar-refractivity contribution >= 4 is 17.8 Å². The van der Waals surface area contributed by atoms with Crippen LogP contribution in [-0.4, -0.2) is 40.7 Å². The summed E-state index contributed by atoms with van der Waals surface area (Å²) in [4.78, 5) is 27.0.